The van der Waals surface area contributed by atoms with E-state index in [1.807, 2.05) is 0 Å². The molecule has 0 spiro atoms. The Hall–Kier alpha value is -2.69. The number of ketones is 1. The van der Waals surface area contributed by atoms with E-state index >= 15 is 0 Å². The van der Waals surface area contributed by atoms with Crippen LogP contribution in [0.1, 0.15) is 57.0 Å². The van der Waals surface area contributed by atoms with Gasteiger partial charge < -0.3 is 9.47 Å². The second-order valence-electron chi connectivity index (χ2n) is 6.07. The SMILES string of the molecule is COC(=O)c1ccc(C(=O)c2c(C3CCC3)ccc(OC)c2F)cc1. The zero-order chi connectivity index (χ0) is 18.0. The highest BCUT2D eigenvalue weighted by molar-refractivity contribution is 6.10. The molecule has 2 aromatic carbocycles. The number of hydrogen-bond acceptors (Lipinski definition) is 4. The second-order valence-corrected chi connectivity index (χ2v) is 6.07. The van der Waals surface area contributed by atoms with Crippen molar-refractivity contribution in [3.8, 4) is 5.75 Å². The molecule has 130 valence electrons. The van der Waals surface area contributed by atoms with Gasteiger partial charge in [-0.3, -0.25) is 4.79 Å². The maximum Gasteiger partial charge on any atom is 0.337 e. The molecule has 25 heavy (non-hydrogen) atoms. The van der Waals surface area contributed by atoms with Crippen LogP contribution in [0.2, 0.25) is 0 Å². The van der Waals surface area contributed by atoms with E-state index in [2.05, 4.69) is 4.74 Å². The van der Waals surface area contributed by atoms with Gasteiger partial charge in [-0.2, -0.15) is 0 Å². The lowest BCUT2D eigenvalue weighted by molar-refractivity contribution is 0.0600. The van der Waals surface area contributed by atoms with Crippen LogP contribution in [0.25, 0.3) is 0 Å². The number of halogens is 1. The van der Waals surface area contributed by atoms with Crippen LogP contribution < -0.4 is 4.74 Å². The predicted octanol–water partition coefficient (Wildman–Crippen LogP) is 4.12. The maximum atomic E-state index is 14.8. The Bertz CT molecular complexity index is 807. The lowest BCUT2D eigenvalue weighted by Gasteiger charge is -2.28. The van der Waals surface area contributed by atoms with Gasteiger partial charge in [0.05, 0.1) is 25.3 Å². The summed E-state index contributed by atoms with van der Waals surface area (Å²) in [6.07, 6.45) is 2.99. The molecule has 0 atom stereocenters. The van der Waals surface area contributed by atoms with Crippen molar-refractivity contribution in [1.29, 1.82) is 0 Å². The highest BCUT2D eigenvalue weighted by Gasteiger charge is 2.29. The van der Waals surface area contributed by atoms with Gasteiger partial charge >= 0.3 is 5.97 Å². The number of esters is 1. The third-order valence-electron chi connectivity index (χ3n) is 4.70. The molecule has 0 saturated heterocycles. The Morgan fingerprint density at radius 3 is 2.16 bits per heavy atom. The molecule has 2 aromatic rings. The average molecular weight is 342 g/mol. The Balaban J connectivity index is 2.02. The minimum Gasteiger partial charge on any atom is -0.494 e. The largest absolute Gasteiger partial charge is 0.494 e. The van der Waals surface area contributed by atoms with Gasteiger partial charge in [0.25, 0.3) is 0 Å². The summed E-state index contributed by atoms with van der Waals surface area (Å²) in [7, 11) is 2.67. The van der Waals surface area contributed by atoms with E-state index in [4.69, 9.17) is 4.74 Å². The van der Waals surface area contributed by atoms with Gasteiger partial charge in [-0.1, -0.05) is 24.6 Å². The molecule has 4 nitrogen and oxygen atoms in total. The van der Waals surface area contributed by atoms with Crippen molar-refractivity contribution in [2.75, 3.05) is 14.2 Å². The first-order valence-electron chi connectivity index (χ1n) is 8.16. The molecule has 5 heteroatoms. The van der Waals surface area contributed by atoms with Crippen molar-refractivity contribution in [3.05, 3.63) is 64.5 Å². The van der Waals surface area contributed by atoms with Gasteiger partial charge in [-0.25, -0.2) is 9.18 Å². The summed E-state index contributed by atoms with van der Waals surface area (Å²) < 4.78 is 24.5. The monoisotopic (exact) mass is 342 g/mol. The molecule has 1 aliphatic carbocycles. The Kier molecular flexibility index (Phi) is 4.83. The van der Waals surface area contributed by atoms with Crippen LogP contribution in [-0.2, 0) is 4.74 Å². The third kappa shape index (κ3) is 3.14. The standard InChI is InChI=1S/C20H19FO4/c1-24-16-11-10-15(12-4-3-5-12)17(18(16)21)19(22)13-6-8-14(9-7-13)20(23)25-2/h6-12H,3-5H2,1-2H3. The topological polar surface area (TPSA) is 52.6 Å². The van der Waals surface area contributed by atoms with Crippen molar-refractivity contribution >= 4 is 11.8 Å². The van der Waals surface area contributed by atoms with E-state index < -0.39 is 17.6 Å². The van der Waals surface area contributed by atoms with Gasteiger partial charge in [-0.05, 0) is 42.5 Å². The minimum absolute atomic E-state index is 0.0533. The molecule has 1 fully saturated rings. The van der Waals surface area contributed by atoms with Crippen molar-refractivity contribution in [1.82, 2.24) is 0 Å². The van der Waals surface area contributed by atoms with Gasteiger partial charge in [0.2, 0.25) is 0 Å². The number of carbonyl (C=O) groups excluding carboxylic acids is 2. The summed E-state index contributed by atoms with van der Waals surface area (Å²) in [5, 5.41) is 0. The fraction of sp³-hybridized carbons (Fsp3) is 0.300. The normalized spacial score (nSPS) is 13.9. The lowest BCUT2D eigenvalue weighted by atomic mass is 9.77. The fourth-order valence-electron chi connectivity index (χ4n) is 3.04. The third-order valence-corrected chi connectivity index (χ3v) is 4.70. The minimum atomic E-state index is -0.631. The van der Waals surface area contributed by atoms with Crippen LogP contribution in [-0.4, -0.2) is 26.0 Å². The molecule has 1 saturated carbocycles. The number of carbonyl (C=O) groups is 2. The van der Waals surface area contributed by atoms with E-state index in [-0.39, 0.29) is 17.2 Å². The van der Waals surface area contributed by atoms with Gasteiger partial charge in [0, 0.05) is 5.56 Å². The molecule has 1 aliphatic rings. The number of methoxy groups -OCH3 is 2. The molecular formula is C20H19FO4. The summed E-state index contributed by atoms with van der Waals surface area (Å²) in [5.74, 6) is -1.27. The summed E-state index contributed by atoms with van der Waals surface area (Å²) >= 11 is 0. The summed E-state index contributed by atoms with van der Waals surface area (Å²) in [5.41, 5.74) is 1.45. The van der Waals surface area contributed by atoms with Gasteiger partial charge in [-0.15, -0.1) is 0 Å². The van der Waals surface area contributed by atoms with Crippen LogP contribution in [0.5, 0.6) is 5.75 Å². The van der Waals surface area contributed by atoms with Crippen molar-refractivity contribution in [2.45, 2.75) is 25.2 Å². The summed E-state index contributed by atoms with van der Waals surface area (Å²) in [6.45, 7) is 0. The smallest absolute Gasteiger partial charge is 0.337 e. The highest BCUT2D eigenvalue weighted by atomic mass is 19.1. The maximum absolute atomic E-state index is 14.8. The number of hydrogen-bond donors (Lipinski definition) is 0. The first kappa shape index (κ1) is 17.1. The molecule has 0 unspecified atom stereocenters. The van der Waals surface area contributed by atoms with E-state index in [9.17, 15) is 14.0 Å². The molecule has 3 rings (SSSR count). The number of ether oxygens (including phenoxy) is 2. The lowest BCUT2D eigenvalue weighted by Crippen LogP contribution is -2.17. The molecule has 0 heterocycles. The Labute approximate surface area is 145 Å². The fourth-order valence-corrected chi connectivity index (χ4v) is 3.04. The molecule has 0 aliphatic heterocycles. The molecule has 0 amide bonds. The van der Waals surface area contributed by atoms with E-state index in [0.29, 0.717) is 11.1 Å². The van der Waals surface area contributed by atoms with E-state index in [1.54, 1.807) is 12.1 Å². The Morgan fingerprint density at radius 2 is 1.64 bits per heavy atom. The average Bonchev–Trinajstić information content (AvgIpc) is 2.59. The van der Waals surface area contributed by atoms with Crippen molar-refractivity contribution in [3.63, 3.8) is 0 Å². The number of rotatable bonds is 5. The van der Waals surface area contributed by atoms with Crippen LogP contribution in [0.3, 0.4) is 0 Å². The molecular weight excluding hydrogens is 323 g/mol. The van der Waals surface area contributed by atoms with E-state index in [0.717, 1.165) is 24.8 Å². The summed E-state index contributed by atoms with van der Waals surface area (Å²) in [4.78, 5) is 24.4. The van der Waals surface area contributed by atoms with Crippen LogP contribution >= 0.6 is 0 Å². The van der Waals surface area contributed by atoms with Crippen molar-refractivity contribution < 1.29 is 23.5 Å². The first-order valence-corrected chi connectivity index (χ1v) is 8.16. The van der Waals surface area contributed by atoms with Crippen LogP contribution in [0.15, 0.2) is 36.4 Å². The quantitative estimate of drug-likeness (QED) is 0.606. The zero-order valence-corrected chi connectivity index (χ0v) is 14.2. The molecule has 0 N–H and O–H groups in total. The zero-order valence-electron chi connectivity index (χ0n) is 14.2. The molecule has 0 radical (unpaired) electrons. The van der Waals surface area contributed by atoms with Crippen molar-refractivity contribution in [2.24, 2.45) is 0 Å². The molecule has 0 aromatic heterocycles. The highest BCUT2D eigenvalue weighted by Crippen LogP contribution is 2.40. The molecule has 0 bridgehead atoms. The number of benzene rings is 2. The summed E-state index contributed by atoms with van der Waals surface area (Å²) in [6, 6.07) is 9.37. The van der Waals surface area contributed by atoms with Gasteiger partial charge in [0.15, 0.2) is 17.3 Å². The van der Waals surface area contributed by atoms with E-state index in [1.165, 1.54) is 38.5 Å². The second kappa shape index (κ2) is 7.05. The van der Waals surface area contributed by atoms with Crippen LogP contribution in [0, 0.1) is 5.82 Å². The Morgan fingerprint density at radius 1 is 1.00 bits per heavy atom. The van der Waals surface area contributed by atoms with Gasteiger partial charge in [0.1, 0.15) is 0 Å². The first-order chi connectivity index (χ1) is 12.1. The van der Waals surface area contributed by atoms with Crippen LogP contribution in [0.4, 0.5) is 4.39 Å². The predicted molar refractivity (Wildman–Crippen MR) is 90.8 cm³/mol.